The van der Waals surface area contributed by atoms with E-state index in [-0.39, 0.29) is 17.9 Å². The molecule has 0 bridgehead atoms. The molecule has 5 heteroatoms. The molecule has 4 nitrogen and oxygen atoms in total. The van der Waals surface area contributed by atoms with E-state index in [4.69, 9.17) is 0 Å². The smallest absolute Gasteiger partial charge is 0.251 e. The van der Waals surface area contributed by atoms with Crippen LogP contribution in [0.4, 0.5) is 5.69 Å². The monoisotopic (exact) mass is 442 g/mol. The van der Waals surface area contributed by atoms with Gasteiger partial charge in [-0.1, -0.05) is 54.1 Å². The molecule has 3 aromatic rings. The van der Waals surface area contributed by atoms with Crippen molar-refractivity contribution in [3.63, 3.8) is 0 Å². The van der Waals surface area contributed by atoms with Gasteiger partial charge in [0.1, 0.15) is 0 Å². The van der Waals surface area contributed by atoms with Gasteiger partial charge in [0.25, 0.3) is 5.91 Å². The summed E-state index contributed by atoms with van der Waals surface area (Å²) in [6, 6.07) is 22.3. The molecule has 0 saturated carbocycles. The van der Waals surface area contributed by atoms with E-state index < -0.39 is 0 Å². The number of fused-ring (bicyclic) bond motifs is 2. The van der Waals surface area contributed by atoms with Gasteiger partial charge in [-0.05, 0) is 61.1 Å². The molecule has 1 N–H and O–H groups in total. The molecule has 2 amide bonds. The van der Waals surface area contributed by atoms with Crippen molar-refractivity contribution in [2.75, 3.05) is 10.7 Å². The molecule has 1 atom stereocenters. The van der Waals surface area contributed by atoms with Crippen molar-refractivity contribution >= 4 is 29.3 Å². The van der Waals surface area contributed by atoms with Gasteiger partial charge in [-0.3, -0.25) is 9.59 Å². The van der Waals surface area contributed by atoms with Crippen LogP contribution in [-0.4, -0.2) is 17.6 Å². The van der Waals surface area contributed by atoms with Crippen LogP contribution in [0, 0.1) is 6.92 Å². The van der Waals surface area contributed by atoms with Gasteiger partial charge >= 0.3 is 0 Å². The second-order valence-electron chi connectivity index (χ2n) is 8.56. The molecule has 0 aromatic heterocycles. The van der Waals surface area contributed by atoms with Crippen LogP contribution in [0.25, 0.3) is 0 Å². The molecule has 0 radical (unpaired) electrons. The van der Waals surface area contributed by atoms with Crippen LogP contribution in [0.3, 0.4) is 0 Å². The molecule has 0 saturated heterocycles. The maximum absolute atomic E-state index is 13.2. The van der Waals surface area contributed by atoms with E-state index in [1.165, 1.54) is 28.5 Å². The summed E-state index contributed by atoms with van der Waals surface area (Å²) in [4.78, 5) is 28.8. The van der Waals surface area contributed by atoms with Crippen molar-refractivity contribution in [2.24, 2.45) is 0 Å². The minimum absolute atomic E-state index is 0.0305. The SMILES string of the molecule is Cc1cccc(CN2C(=O)CSc3ccc(C(=O)NC4CCCc5ccccc54)cc32)c1. The van der Waals surface area contributed by atoms with Gasteiger partial charge in [-0.25, -0.2) is 0 Å². The highest BCUT2D eigenvalue weighted by Crippen LogP contribution is 2.37. The molecule has 1 aliphatic heterocycles. The van der Waals surface area contributed by atoms with Gasteiger partial charge in [0.2, 0.25) is 5.91 Å². The summed E-state index contributed by atoms with van der Waals surface area (Å²) < 4.78 is 0. The van der Waals surface area contributed by atoms with E-state index in [0.717, 1.165) is 35.4 Å². The third kappa shape index (κ3) is 4.17. The van der Waals surface area contributed by atoms with Gasteiger partial charge in [-0.2, -0.15) is 0 Å². The summed E-state index contributed by atoms with van der Waals surface area (Å²) >= 11 is 1.54. The minimum Gasteiger partial charge on any atom is -0.345 e. The molecule has 1 unspecified atom stereocenters. The second kappa shape index (κ2) is 8.83. The largest absolute Gasteiger partial charge is 0.345 e. The van der Waals surface area contributed by atoms with Crippen molar-refractivity contribution < 1.29 is 9.59 Å². The predicted octanol–water partition coefficient (Wildman–Crippen LogP) is 5.44. The van der Waals surface area contributed by atoms with E-state index >= 15 is 0 Å². The number of rotatable bonds is 4. The molecular weight excluding hydrogens is 416 g/mol. The molecule has 1 aliphatic carbocycles. The molecule has 2 aliphatic rings. The van der Waals surface area contributed by atoms with E-state index in [9.17, 15) is 9.59 Å². The number of aryl methyl sites for hydroxylation is 2. The molecule has 0 fully saturated rings. The van der Waals surface area contributed by atoms with Crippen molar-refractivity contribution in [1.82, 2.24) is 5.32 Å². The Bertz CT molecular complexity index is 1190. The zero-order valence-electron chi connectivity index (χ0n) is 18.1. The van der Waals surface area contributed by atoms with E-state index in [2.05, 4.69) is 42.6 Å². The van der Waals surface area contributed by atoms with Crippen molar-refractivity contribution in [3.8, 4) is 0 Å². The first kappa shape index (κ1) is 20.8. The topological polar surface area (TPSA) is 49.4 Å². The summed E-state index contributed by atoms with van der Waals surface area (Å²) in [7, 11) is 0. The van der Waals surface area contributed by atoms with E-state index in [0.29, 0.717) is 17.9 Å². The Labute approximate surface area is 193 Å². The maximum Gasteiger partial charge on any atom is 0.251 e. The Hall–Kier alpha value is -3.05. The average molecular weight is 443 g/mol. The van der Waals surface area contributed by atoms with Crippen LogP contribution in [0.1, 0.15) is 51.5 Å². The Morgan fingerprint density at radius 2 is 1.97 bits per heavy atom. The lowest BCUT2D eigenvalue weighted by molar-refractivity contribution is -0.116. The van der Waals surface area contributed by atoms with Crippen molar-refractivity contribution in [1.29, 1.82) is 0 Å². The fourth-order valence-electron chi connectivity index (χ4n) is 4.66. The summed E-state index contributed by atoms with van der Waals surface area (Å²) in [6.07, 6.45) is 3.08. The van der Waals surface area contributed by atoms with Crippen LogP contribution in [0.2, 0.25) is 0 Å². The number of benzene rings is 3. The normalized spacial score (nSPS) is 17.5. The highest BCUT2D eigenvalue weighted by Gasteiger charge is 2.27. The van der Waals surface area contributed by atoms with Gasteiger partial charge in [0, 0.05) is 10.5 Å². The summed E-state index contributed by atoms with van der Waals surface area (Å²) in [5, 5.41) is 3.23. The quantitative estimate of drug-likeness (QED) is 0.585. The Kier molecular flexibility index (Phi) is 5.75. The molecule has 1 heterocycles. The first-order chi connectivity index (χ1) is 15.6. The third-order valence-electron chi connectivity index (χ3n) is 6.26. The number of carbonyl (C=O) groups is 2. The molecule has 5 rings (SSSR count). The van der Waals surface area contributed by atoms with Gasteiger partial charge < -0.3 is 10.2 Å². The van der Waals surface area contributed by atoms with Crippen LogP contribution >= 0.6 is 11.8 Å². The maximum atomic E-state index is 13.2. The number of anilines is 1. The minimum atomic E-state index is -0.0898. The number of nitrogens with one attached hydrogen (secondary N) is 1. The lowest BCUT2D eigenvalue weighted by Crippen LogP contribution is -2.35. The molecule has 3 aromatic carbocycles. The number of carbonyl (C=O) groups excluding carboxylic acids is 2. The summed E-state index contributed by atoms with van der Waals surface area (Å²) in [5.41, 5.74) is 6.21. The molecule has 0 spiro atoms. The third-order valence-corrected chi connectivity index (χ3v) is 7.31. The average Bonchev–Trinajstić information content (AvgIpc) is 2.81. The van der Waals surface area contributed by atoms with Crippen LogP contribution in [-0.2, 0) is 17.8 Å². The van der Waals surface area contributed by atoms with Crippen LogP contribution in [0.15, 0.2) is 71.6 Å². The standard InChI is InChI=1S/C27H26N2O2S/c1-18-6-4-7-19(14-18)16-29-24-15-21(12-13-25(24)32-17-26(29)30)27(31)28-23-11-5-9-20-8-2-3-10-22(20)23/h2-4,6-8,10,12-15,23H,5,9,11,16-17H2,1H3,(H,28,31). The fraction of sp³-hybridized carbons (Fsp3) is 0.259. The Morgan fingerprint density at radius 1 is 1.09 bits per heavy atom. The van der Waals surface area contributed by atoms with Gasteiger partial charge in [0.05, 0.1) is 24.0 Å². The summed E-state index contributed by atoms with van der Waals surface area (Å²) in [5.74, 6) is 0.402. The first-order valence-corrected chi connectivity index (χ1v) is 12.1. The second-order valence-corrected chi connectivity index (χ2v) is 9.57. The Balaban J connectivity index is 1.40. The number of amides is 2. The van der Waals surface area contributed by atoms with E-state index in [1.807, 2.05) is 41.3 Å². The van der Waals surface area contributed by atoms with Gasteiger partial charge in [0.15, 0.2) is 0 Å². The Morgan fingerprint density at radius 3 is 2.84 bits per heavy atom. The lowest BCUT2D eigenvalue weighted by Gasteiger charge is -2.30. The van der Waals surface area contributed by atoms with Crippen LogP contribution < -0.4 is 10.2 Å². The van der Waals surface area contributed by atoms with Crippen molar-refractivity contribution in [3.05, 3.63) is 94.5 Å². The lowest BCUT2D eigenvalue weighted by atomic mass is 9.87. The highest BCUT2D eigenvalue weighted by atomic mass is 32.2. The zero-order valence-corrected chi connectivity index (χ0v) is 19.0. The van der Waals surface area contributed by atoms with Gasteiger partial charge in [-0.15, -0.1) is 11.8 Å². The predicted molar refractivity (Wildman–Crippen MR) is 129 cm³/mol. The first-order valence-electron chi connectivity index (χ1n) is 11.1. The molecular formula is C27H26N2O2S. The zero-order chi connectivity index (χ0) is 22.1. The number of hydrogen-bond acceptors (Lipinski definition) is 3. The summed E-state index contributed by atoms with van der Waals surface area (Å²) in [6.45, 7) is 2.56. The van der Waals surface area contributed by atoms with Crippen LogP contribution in [0.5, 0.6) is 0 Å². The fourth-order valence-corrected chi connectivity index (χ4v) is 5.57. The molecule has 32 heavy (non-hydrogen) atoms. The number of thioether (sulfide) groups is 1. The number of nitrogens with zero attached hydrogens (tertiary/aromatic N) is 1. The van der Waals surface area contributed by atoms with E-state index in [1.54, 1.807) is 0 Å². The van der Waals surface area contributed by atoms with Crippen molar-refractivity contribution in [2.45, 2.75) is 43.7 Å². The number of hydrogen-bond donors (Lipinski definition) is 1. The molecule has 162 valence electrons. The highest BCUT2D eigenvalue weighted by molar-refractivity contribution is 8.00.